The van der Waals surface area contributed by atoms with Gasteiger partial charge in [0.05, 0.1) is 12.2 Å². The lowest BCUT2D eigenvalue weighted by atomic mass is 9.84. The van der Waals surface area contributed by atoms with Gasteiger partial charge in [0.2, 0.25) is 0 Å². The quantitative estimate of drug-likeness (QED) is 0.603. The Bertz CT molecular complexity index is 212. The van der Waals surface area contributed by atoms with Crippen LogP contribution in [0.4, 0.5) is 0 Å². The highest BCUT2D eigenvalue weighted by atomic mass is 16.5. The van der Waals surface area contributed by atoms with E-state index in [9.17, 15) is 5.11 Å². The predicted molar refractivity (Wildman–Crippen MR) is 46.9 cm³/mol. The lowest BCUT2D eigenvalue weighted by Crippen LogP contribution is -2.46. The van der Waals surface area contributed by atoms with Crippen molar-refractivity contribution < 1.29 is 9.84 Å². The Hall–Kier alpha value is -0.340. The van der Waals surface area contributed by atoms with Crippen molar-refractivity contribution in [3.05, 3.63) is 12.2 Å². The zero-order valence-electron chi connectivity index (χ0n) is 7.55. The van der Waals surface area contributed by atoms with E-state index in [1.165, 1.54) is 0 Å². The molecule has 3 unspecified atom stereocenters. The molecule has 2 aliphatic rings. The molecule has 68 valence electrons. The number of hydrogen-bond donors (Lipinski definition) is 1. The summed E-state index contributed by atoms with van der Waals surface area (Å²) in [5.41, 5.74) is 0.125. The van der Waals surface area contributed by atoms with Crippen molar-refractivity contribution in [3.8, 4) is 0 Å². The zero-order valence-corrected chi connectivity index (χ0v) is 7.55. The van der Waals surface area contributed by atoms with Crippen LogP contribution >= 0.6 is 0 Å². The second-order valence-electron chi connectivity index (χ2n) is 4.07. The van der Waals surface area contributed by atoms with Gasteiger partial charge in [0.1, 0.15) is 5.60 Å². The lowest BCUT2D eigenvalue weighted by molar-refractivity contribution is -0.122. The Labute approximate surface area is 73.2 Å². The highest BCUT2D eigenvalue weighted by Crippen LogP contribution is 2.42. The molecular weight excluding hydrogens is 152 g/mol. The second-order valence-corrected chi connectivity index (χ2v) is 4.07. The van der Waals surface area contributed by atoms with Crippen LogP contribution in [-0.4, -0.2) is 22.9 Å². The van der Waals surface area contributed by atoms with Gasteiger partial charge < -0.3 is 9.84 Å². The van der Waals surface area contributed by atoms with E-state index < -0.39 is 5.60 Å². The maximum absolute atomic E-state index is 10.2. The predicted octanol–water partition coefficient (Wildman–Crippen LogP) is 1.64. The van der Waals surface area contributed by atoms with Crippen molar-refractivity contribution >= 4 is 0 Å². The van der Waals surface area contributed by atoms with E-state index in [1.54, 1.807) is 0 Å². The SMILES string of the molecule is C=C(C)C1(O)CCC2CCC1O2. The van der Waals surface area contributed by atoms with Gasteiger partial charge in [-0.05, 0) is 38.2 Å². The first-order chi connectivity index (χ1) is 5.63. The van der Waals surface area contributed by atoms with Crippen LogP contribution in [0.5, 0.6) is 0 Å². The minimum Gasteiger partial charge on any atom is -0.383 e. The Morgan fingerprint density at radius 2 is 2.25 bits per heavy atom. The molecule has 2 heterocycles. The van der Waals surface area contributed by atoms with Gasteiger partial charge in [-0.15, -0.1) is 0 Å². The molecular formula is C10H16O2. The van der Waals surface area contributed by atoms with Crippen LogP contribution in [0.3, 0.4) is 0 Å². The van der Waals surface area contributed by atoms with Crippen LogP contribution in [0, 0.1) is 0 Å². The molecule has 2 aliphatic heterocycles. The Morgan fingerprint density at radius 3 is 2.92 bits per heavy atom. The topological polar surface area (TPSA) is 29.5 Å². The molecule has 2 nitrogen and oxygen atoms in total. The summed E-state index contributed by atoms with van der Waals surface area (Å²) in [6.45, 7) is 5.73. The van der Waals surface area contributed by atoms with Gasteiger partial charge in [0.25, 0.3) is 0 Å². The standard InChI is InChI=1S/C10H16O2/c1-7(2)10(11)6-5-8-3-4-9(10)12-8/h8-9,11H,1,3-6H2,2H3. The molecule has 0 aliphatic carbocycles. The van der Waals surface area contributed by atoms with E-state index in [2.05, 4.69) is 6.58 Å². The summed E-state index contributed by atoms with van der Waals surface area (Å²) < 4.78 is 5.66. The average Bonchev–Trinajstić information content (AvgIpc) is 2.43. The van der Waals surface area contributed by atoms with E-state index in [1.807, 2.05) is 6.92 Å². The van der Waals surface area contributed by atoms with Gasteiger partial charge in [-0.1, -0.05) is 6.58 Å². The smallest absolute Gasteiger partial charge is 0.111 e. The fourth-order valence-electron chi connectivity index (χ4n) is 2.30. The fourth-order valence-corrected chi connectivity index (χ4v) is 2.30. The highest BCUT2D eigenvalue weighted by Gasteiger charge is 2.47. The number of ether oxygens (including phenoxy) is 1. The molecule has 0 aromatic rings. The average molecular weight is 168 g/mol. The molecule has 2 heteroatoms. The fraction of sp³-hybridized carbons (Fsp3) is 0.800. The minimum atomic E-state index is -0.729. The highest BCUT2D eigenvalue weighted by molar-refractivity contribution is 5.16. The van der Waals surface area contributed by atoms with E-state index in [-0.39, 0.29) is 6.10 Å². The summed E-state index contributed by atoms with van der Waals surface area (Å²) in [5.74, 6) is 0. The summed E-state index contributed by atoms with van der Waals surface area (Å²) in [6, 6.07) is 0. The summed E-state index contributed by atoms with van der Waals surface area (Å²) in [7, 11) is 0. The lowest BCUT2D eigenvalue weighted by Gasteiger charge is -2.38. The molecule has 1 N–H and O–H groups in total. The third-order valence-corrected chi connectivity index (χ3v) is 3.23. The molecule has 3 atom stereocenters. The van der Waals surface area contributed by atoms with Gasteiger partial charge in [-0.2, -0.15) is 0 Å². The first-order valence-corrected chi connectivity index (χ1v) is 4.67. The molecule has 0 aromatic heterocycles. The van der Waals surface area contributed by atoms with Crippen LogP contribution < -0.4 is 0 Å². The number of rotatable bonds is 1. The Balaban J connectivity index is 2.21. The molecule has 0 radical (unpaired) electrons. The molecule has 0 saturated carbocycles. The molecule has 2 fully saturated rings. The van der Waals surface area contributed by atoms with Gasteiger partial charge in [-0.3, -0.25) is 0 Å². The first-order valence-electron chi connectivity index (χ1n) is 4.67. The van der Waals surface area contributed by atoms with E-state index in [0.717, 1.165) is 31.3 Å². The van der Waals surface area contributed by atoms with Gasteiger partial charge >= 0.3 is 0 Å². The molecule has 0 aromatic carbocycles. The van der Waals surface area contributed by atoms with Gasteiger partial charge in [0.15, 0.2) is 0 Å². The minimum absolute atomic E-state index is 0.0220. The van der Waals surface area contributed by atoms with Crippen LogP contribution in [-0.2, 0) is 4.74 Å². The third-order valence-electron chi connectivity index (χ3n) is 3.23. The van der Waals surface area contributed by atoms with Gasteiger partial charge in [-0.25, -0.2) is 0 Å². The maximum atomic E-state index is 10.2. The molecule has 2 bridgehead atoms. The number of fused-ring (bicyclic) bond motifs is 2. The van der Waals surface area contributed by atoms with Crippen LogP contribution in [0.25, 0.3) is 0 Å². The van der Waals surface area contributed by atoms with Crippen molar-refractivity contribution in [3.63, 3.8) is 0 Å². The number of aliphatic hydroxyl groups is 1. The van der Waals surface area contributed by atoms with E-state index >= 15 is 0 Å². The third kappa shape index (κ3) is 1.02. The Kier molecular flexibility index (Phi) is 1.77. The van der Waals surface area contributed by atoms with Crippen molar-refractivity contribution in [1.82, 2.24) is 0 Å². The molecule has 2 rings (SSSR count). The number of hydrogen-bond acceptors (Lipinski definition) is 2. The van der Waals surface area contributed by atoms with E-state index in [0.29, 0.717) is 6.10 Å². The van der Waals surface area contributed by atoms with Crippen molar-refractivity contribution in [1.29, 1.82) is 0 Å². The maximum Gasteiger partial charge on any atom is 0.111 e. The summed E-state index contributed by atoms with van der Waals surface area (Å²) >= 11 is 0. The molecule has 0 spiro atoms. The van der Waals surface area contributed by atoms with Crippen LogP contribution in [0.2, 0.25) is 0 Å². The first kappa shape index (κ1) is 8.27. The zero-order chi connectivity index (χ0) is 8.77. The largest absolute Gasteiger partial charge is 0.383 e. The second kappa shape index (κ2) is 2.57. The van der Waals surface area contributed by atoms with Crippen molar-refractivity contribution in [2.45, 2.75) is 50.4 Å². The Morgan fingerprint density at radius 1 is 1.50 bits per heavy atom. The van der Waals surface area contributed by atoms with Crippen LogP contribution in [0.15, 0.2) is 12.2 Å². The molecule has 0 amide bonds. The summed E-state index contributed by atoms with van der Waals surface area (Å²) in [5, 5.41) is 10.2. The van der Waals surface area contributed by atoms with Crippen molar-refractivity contribution in [2.24, 2.45) is 0 Å². The van der Waals surface area contributed by atoms with Gasteiger partial charge in [0, 0.05) is 0 Å². The van der Waals surface area contributed by atoms with Crippen molar-refractivity contribution in [2.75, 3.05) is 0 Å². The monoisotopic (exact) mass is 168 g/mol. The normalized spacial score (nSPS) is 46.2. The summed E-state index contributed by atoms with van der Waals surface area (Å²) in [6.07, 6.45) is 4.36. The van der Waals surface area contributed by atoms with E-state index in [4.69, 9.17) is 4.74 Å². The van der Waals surface area contributed by atoms with Crippen LogP contribution in [0.1, 0.15) is 32.6 Å². The molecule has 2 saturated heterocycles. The molecule has 12 heavy (non-hydrogen) atoms. The summed E-state index contributed by atoms with van der Waals surface area (Å²) in [4.78, 5) is 0.